The summed E-state index contributed by atoms with van der Waals surface area (Å²) in [5.74, 6) is 0. The second-order valence-corrected chi connectivity index (χ2v) is 10.1. The molecular formula is C35H27N3. The summed E-state index contributed by atoms with van der Waals surface area (Å²) in [5.41, 5.74) is 14.1. The number of nitrogens with zero attached hydrogens (tertiary/aromatic N) is 2. The summed E-state index contributed by atoms with van der Waals surface area (Å²) in [6.07, 6.45) is 11.0. The molecule has 0 fully saturated rings. The zero-order valence-electron chi connectivity index (χ0n) is 21.0. The van der Waals surface area contributed by atoms with Gasteiger partial charge in [-0.3, -0.25) is 0 Å². The van der Waals surface area contributed by atoms with Gasteiger partial charge in [0.05, 0.1) is 17.1 Å². The van der Waals surface area contributed by atoms with Gasteiger partial charge in [-0.15, -0.1) is 0 Å². The van der Waals surface area contributed by atoms with Gasteiger partial charge in [-0.05, 0) is 66.6 Å². The molecule has 4 aromatic carbocycles. The molecular weight excluding hydrogens is 462 g/mol. The van der Waals surface area contributed by atoms with Crippen molar-refractivity contribution in [2.24, 2.45) is 0 Å². The van der Waals surface area contributed by atoms with Crippen LogP contribution >= 0.6 is 0 Å². The number of fused-ring (bicyclic) bond motifs is 8. The number of allylic oxidation sites excluding steroid dienone is 1. The number of hydrogen-bond acceptors (Lipinski definition) is 2. The van der Waals surface area contributed by atoms with Crippen LogP contribution in [0, 0.1) is 0 Å². The van der Waals surface area contributed by atoms with Crippen molar-refractivity contribution < 1.29 is 0 Å². The molecule has 8 rings (SSSR count). The number of hydrogen-bond donors (Lipinski definition) is 1. The van der Waals surface area contributed by atoms with Crippen molar-refractivity contribution >= 4 is 23.5 Å². The second-order valence-electron chi connectivity index (χ2n) is 10.1. The Morgan fingerprint density at radius 1 is 0.684 bits per heavy atom. The lowest BCUT2D eigenvalue weighted by Crippen LogP contribution is -2.35. The Balaban J connectivity index is 1.49. The monoisotopic (exact) mass is 489 g/mol. The molecule has 1 atom stereocenters. The predicted octanol–water partition coefficient (Wildman–Crippen LogP) is 8.49. The lowest BCUT2D eigenvalue weighted by molar-refractivity contribution is 0.626. The normalized spacial score (nSPS) is 16.4. The maximum atomic E-state index is 3.71. The largest absolute Gasteiger partial charge is 0.367 e. The van der Waals surface area contributed by atoms with Gasteiger partial charge in [0.2, 0.25) is 0 Å². The number of benzene rings is 4. The molecule has 3 heteroatoms. The van der Waals surface area contributed by atoms with Gasteiger partial charge in [0, 0.05) is 33.6 Å². The van der Waals surface area contributed by atoms with Gasteiger partial charge < -0.3 is 14.8 Å². The minimum Gasteiger partial charge on any atom is -0.367 e. The SMILES string of the molecule is C1=Cc2c(c3c(n2-c2ccccc2)-c2ccccc2N(C2NC=Cc4ccccc42)c2ccccc2-3)CC1. The molecule has 0 saturated carbocycles. The van der Waals surface area contributed by atoms with E-state index in [-0.39, 0.29) is 6.17 Å². The Labute approximate surface area is 223 Å². The molecule has 0 saturated heterocycles. The number of para-hydroxylation sites is 3. The third kappa shape index (κ3) is 3.02. The third-order valence-electron chi connectivity index (χ3n) is 8.08. The van der Waals surface area contributed by atoms with E-state index in [1.807, 2.05) is 0 Å². The molecule has 0 spiro atoms. The van der Waals surface area contributed by atoms with Crippen LogP contribution in [0.4, 0.5) is 11.4 Å². The van der Waals surface area contributed by atoms with Crippen molar-refractivity contribution in [2.45, 2.75) is 19.0 Å². The van der Waals surface area contributed by atoms with Gasteiger partial charge in [-0.25, -0.2) is 0 Å². The standard InChI is InChI=1S/C35H27N3/c1-2-13-25(14-3-1)37-30-19-9-6-16-27(30)33-28-17-7-10-20-31(28)38(32-21-11-8-18-29(32)34(33)37)35-26-15-5-4-12-24(26)22-23-36-35/h1-5,7-15,17-23,35-36H,6,16H2. The zero-order valence-corrected chi connectivity index (χ0v) is 21.0. The molecule has 1 aromatic heterocycles. The van der Waals surface area contributed by atoms with E-state index in [0.29, 0.717) is 0 Å². The van der Waals surface area contributed by atoms with Gasteiger partial charge in [0.25, 0.3) is 0 Å². The highest BCUT2D eigenvalue weighted by Crippen LogP contribution is 2.54. The van der Waals surface area contributed by atoms with E-state index in [1.54, 1.807) is 0 Å². The van der Waals surface area contributed by atoms with Gasteiger partial charge in [0.1, 0.15) is 6.17 Å². The van der Waals surface area contributed by atoms with Gasteiger partial charge >= 0.3 is 0 Å². The first-order valence-corrected chi connectivity index (χ1v) is 13.4. The minimum absolute atomic E-state index is 0.0246. The Bertz CT molecular complexity index is 1760. The maximum absolute atomic E-state index is 3.71. The van der Waals surface area contributed by atoms with Crippen LogP contribution in [0.1, 0.15) is 35.0 Å². The van der Waals surface area contributed by atoms with Crippen molar-refractivity contribution in [3.05, 3.63) is 138 Å². The molecule has 0 radical (unpaired) electrons. The predicted molar refractivity (Wildman–Crippen MR) is 157 cm³/mol. The van der Waals surface area contributed by atoms with Gasteiger partial charge in [-0.2, -0.15) is 0 Å². The van der Waals surface area contributed by atoms with Gasteiger partial charge in [-0.1, -0.05) is 84.9 Å². The zero-order chi connectivity index (χ0) is 25.1. The highest BCUT2D eigenvalue weighted by atomic mass is 15.3. The van der Waals surface area contributed by atoms with Gasteiger partial charge in [0.15, 0.2) is 0 Å². The Morgan fingerprint density at radius 3 is 2.26 bits per heavy atom. The van der Waals surface area contributed by atoms with E-state index < -0.39 is 0 Å². The number of rotatable bonds is 2. The summed E-state index contributed by atoms with van der Waals surface area (Å²) in [6, 6.07) is 37.4. The summed E-state index contributed by atoms with van der Waals surface area (Å²) in [6.45, 7) is 0. The molecule has 1 N–H and O–H groups in total. The molecule has 5 aromatic rings. The maximum Gasteiger partial charge on any atom is 0.130 e. The summed E-state index contributed by atoms with van der Waals surface area (Å²) in [5, 5.41) is 3.71. The van der Waals surface area contributed by atoms with Crippen LogP contribution < -0.4 is 10.2 Å². The molecule has 0 bridgehead atoms. The molecule has 3 heterocycles. The van der Waals surface area contributed by atoms with E-state index in [9.17, 15) is 0 Å². The molecule has 1 aliphatic carbocycles. The van der Waals surface area contributed by atoms with Crippen molar-refractivity contribution in [1.29, 1.82) is 0 Å². The van der Waals surface area contributed by atoms with Crippen molar-refractivity contribution in [2.75, 3.05) is 4.90 Å². The van der Waals surface area contributed by atoms with Crippen LogP contribution in [0.5, 0.6) is 0 Å². The van der Waals surface area contributed by atoms with E-state index in [2.05, 4.69) is 142 Å². The van der Waals surface area contributed by atoms with Crippen LogP contribution in [-0.4, -0.2) is 4.57 Å². The van der Waals surface area contributed by atoms with E-state index in [1.165, 1.54) is 61.8 Å². The van der Waals surface area contributed by atoms with Crippen LogP contribution in [0.2, 0.25) is 0 Å². The third-order valence-corrected chi connectivity index (χ3v) is 8.08. The summed E-state index contributed by atoms with van der Waals surface area (Å²) < 4.78 is 2.49. The molecule has 182 valence electrons. The van der Waals surface area contributed by atoms with E-state index in [0.717, 1.165) is 12.8 Å². The van der Waals surface area contributed by atoms with Crippen LogP contribution in [0.25, 0.3) is 40.2 Å². The van der Waals surface area contributed by atoms with Crippen molar-refractivity contribution in [1.82, 2.24) is 9.88 Å². The average Bonchev–Trinajstić information content (AvgIpc) is 3.27. The molecule has 3 aliphatic rings. The highest BCUT2D eigenvalue weighted by molar-refractivity contribution is 6.02. The lowest BCUT2D eigenvalue weighted by atomic mass is 9.92. The van der Waals surface area contributed by atoms with Crippen LogP contribution in [-0.2, 0) is 6.42 Å². The second kappa shape index (κ2) is 8.39. The fraction of sp³-hybridized carbons (Fsp3) is 0.0857. The molecule has 3 nitrogen and oxygen atoms in total. The van der Waals surface area contributed by atoms with Crippen molar-refractivity contribution in [3.63, 3.8) is 0 Å². The van der Waals surface area contributed by atoms with E-state index in [4.69, 9.17) is 0 Å². The van der Waals surface area contributed by atoms with Crippen LogP contribution in [0.15, 0.2) is 115 Å². The summed E-state index contributed by atoms with van der Waals surface area (Å²) in [7, 11) is 0. The fourth-order valence-corrected chi connectivity index (χ4v) is 6.51. The Hall–Kier alpha value is -4.76. The smallest absolute Gasteiger partial charge is 0.130 e. The molecule has 2 aliphatic heterocycles. The first-order chi connectivity index (χ1) is 18.9. The fourth-order valence-electron chi connectivity index (χ4n) is 6.51. The molecule has 1 unspecified atom stereocenters. The first-order valence-electron chi connectivity index (χ1n) is 13.4. The number of anilines is 2. The van der Waals surface area contributed by atoms with Crippen LogP contribution in [0.3, 0.4) is 0 Å². The highest BCUT2D eigenvalue weighted by Gasteiger charge is 2.36. The number of aromatic nitrogens is 1. The van der Waals surface area contributed by atoms with Crippen molar-refractivity contribution in [3.8, 4) is 28.1 Å². The van der Waals surface area contributed by atoms with E-state index >= 15 is 0 Å². The molecule has 0 amide bonds. The summed E-state index contributed by atoms with van der Waals surface area (Å²) >= 11 is 0. The lowest BCUT2D eigenvalue weighted by Gasteiger charge is -2.37. The molecule has 38 heavy (non-hydrogen) atoms. The Kier molecular flexibility index (Phi) is 4.71. The minimum atomic E-state index is -0.0246. The topological polar surface area (TPSA) is 20.2 Å². The average molecular weight is 490 g/mol. The quantitative estimate of drug-likeness (QED) is 0.268. The first kappa shape index (κ1) is 21.3. The summed E-state index contributed by atoms with van der Waals surface area (Å²) in [4.78, 5) is 2.51. The number of nitrogens with one attached hydrogen (secondary N) is 1. The Morgan fingerprint density at radius 2 is 1.39 bits per heavy atom.